The van der Waals surface area contributed by atoms with Gasteiger partial charge >= 0.3 is 0 Å². The minimum absolute atomic E-state index is 0.701. The zero-order valence-corrected chi connectivity index (χ0v) is 15.6. The van der Waals surface area contributed by atoms with E-state index in [9.17, 15) is 0 Å². The molecule has 2 aromatic rings. The van der Waals surface area contributed by atoms with Crippen molar-refractivity contribution in [1.29, 1.82) is 0 Å². The van der Waals surface area contributed by atoms with Crippen molar-refractivity contribution < 1.29 is 4.74 Å². The van der Waals surface area contributed by atoms with Crippen molar-refractivity contribution in [1.82, 2.24) is 15.0 Å². The van der Waals surface area contributed by atoms with Crippen LogP contribution in [-0.4, -0.2) is 47.7 Å². The van der Waals surface area contributed by atoms with Crippen molar-refractivity contribution in [2.45, 2.75) is 26.9 Å². The van der Waals surface area contributed by atoms with Crippen LogP contribution in [0, 0.1) is 25.7 Å². The summed E-state index contributed by atoms with van der Waals surface area (Å²) in [6.07, 6.45) is 2.66. The monoisotopic (exact) mass is 357 g/mol. The number of aryl methyl sites for hydroxylation is 1. The van der Waals surface area contributed by atoms with Gasteiger partial charge in [0.05, 0.1) is 23.8 Å². The number of ether oxygens (including phenoxy) is 1. The van der Waals surface area contributed by atoms with E-state index in [1.54, 1.807) is 6.33 Å². The summed E-state index contributed by atoms with van der Waals surface area (Å²) in [5.74, 6) is 2.52. The van der Waals surface area contributed by atoms with Gasteiger partial charge in [-0.2, -0.15) is 0 Å². The molecule has 2 fully saturated rings. The van der Waals surface area contributed by atoms with Crippen molar-refractivity contribution in [2.24, 2.45) is 11.8 Å². The van der Waals surface area contributed by atoms with E-state index < -0.39 is 0 Å². The lowest BCUT2D eigenvalue weighted by molar-refractivity contribution is 0.112. The molecule has 0 aliphatic carbocycles. The molecule has 3 aliphatic heterocycles. The van der Waals surface area contributed by atoms with E-state index in [0.29, 0.717) is 11.8 Å². The molecular formula is C18H23N5OS. The highest BCUT2D eigenvalue weighted by atomic mass is 32.1. The molecule has 0 bridgehead atoms. The quantitative estimate of drug-likeness (QED) is 0.821. The molecular weight excluding hydrogens is 334 g/mol. The lowest BCUT2D eigenvalue weighted by Gasteiger charge is -2.23. The van der Waals surface area contributed by atoms with Crippen LogP contribution in [0.15, 0.2) is 6.33 Å². The Bertz CT molecular complexity index is 769. The molecule has 2 atom stereocenters. The highest BCUT2D eigenvalue weighted by molar-refractivity contribution is 7.15. The summed E-state index contributed by atoms with van der Waals surface area (Å²) in [4.78, 5) is 20.0. The van der Waals surface area contributed by atoms with E-state index in [2.05, 4.69) is 33.6 Å². The maximum absolute atomic E-state index is 5.56. The summed E-state index contributed by atoms with van der Waals surface area (Å²) in [5, 5.41) is 1.20. The van der Waals surface area contributed by atoms with Gasteiger partial charge in [0.1, 0.15) is 12.1 Å². The fraction of sp³-hybridized carbons (Fsp3) is 0.611. The molecule has 25 heavy (non-hydrogen) atoms. The molecule has 0 saturated carbocycles. The predicted octanol–water partition coefficient (Wildman–Crippen LogP) is 2.20. The van der Waals surface area contributed by atoms with Gasteiger partial charge in [-0.25, -0.2) is 15.0 Å². The zero-order valence-electron chi connectivity index (χ0n) is 14.7. The molecule has 0 spiro atoms. The number of thiazole rings is 1. The second-order valence-electron chi connectivity index (χ2n) is 7.41. The average molecular weight is 357 g/mol. The highest BCUT2D eigenvalue weighted by Crippen LogP contribution is 2.39. The maximum Gasteiger partial charge on any atom is 0.185 e. The van der Waals surface area contributed by atoms with Crippen LogP contribution in [0.4, 0.5) is 10.9 Å². The molecule has 5 rings (SSSR count). The molecule has 2 unspecified atom stereocenters. The predicted molar refractivity (Wildman–Crippen MR) is 98.4 cm³/mol. The molecule has 6 nitrogen and oxygen atoms in total. The van der Waals surface area contributed by atoms with Gasteiger partial charge in [0, 0.05) is 55.7 Å². The van der Waals surface area contributed by atoms with Crippen LogP contribution < -0.4 is 9.80 Å². The van der Waals surface area contributed by atoms with Gasteiger partial charge in [-0.3, -0.25) is 0 Å². The summed E-state index contributed by atoms with van der Waals surface area (Å²) < 4.78 is 5.56. The second kappa shape index (κ2) is 5.92. The summed E-state index contributed by atoms with van der Waals surface area (Å²) in [6, 6.07) is 0. The Morgan fingerprint density at radius 3 is 2.60 bits per heavy atom. The van der Waals surface area contributed by atoms with Crippen LogP contribution in [0.25, 0.3) is 0 Å². The number of fused-ring (bicyclic) bond motifs is 2. The van der Waals surface area contributed by atoms with E-state index in [1.165, 1.54) is 21.3 Å². The average Bonchev–Trinajstić information content (AvgIpc) is 3.28. The first-order valence-electron chi connectivity index (χ1n) is 9.03. The fourth-order valence-electron chi connectivity index (χ4n) is 4.31. The highest BCUT2D eigenvalue weighted by Gasteiger charge is 2.41. The third-order valence-corrected chi connectivity index (χ3v) is 6.98. The standard InChI is InChI=1S/C18H23N5OS/c1-11-12(2)19-10-20-17(11)22-5-13-7-23(8-14(13)6-22)18-21-15-3-4-24-9-16(15)25-18/h10,13-14H,3-9H2,1-2H3. The van der Waals surface area contributed by atoms with Crippen LogP contribution in [0.5, 0.6) is 0 Å². The summed E-state index contributed by atoms with van der Waals surface area (Å²) in [7, 11) is 0. The van der Waals surface area contributed by atoms with Gasteiger partial charge < -0.3 is 14.5 Å². The second-order valence-corrected chi connectivity index (χ2v) is 8.47. The van der Waals surface area contributed by atoms with Gasteiger partial charge in [-0.15, -0.1) is 0 Å². The molecule has 0 radical (unpaired) electrons. The first-order valence-corrected chi connectivity index (χ1v) is 9.85. The lowest BCUT2D eigenvalue weighted by atomic mass is 10.0. The Morgan fingerprint density at radius 1 is 1.08 bits per heavy atom. The number of hydrogen-bond donors (Lipinski definition) is 0. The van der Waals surface area contributed by atoms with E-state index in [-0.39, 0.29) is 0 Å². The van der Waals surface area contributed by atoms with Gasteiger partial charge in [0.15, 0.2) is 5.13 Å². The molecule has 7 heteroatoms. The van der Waals surface area contributed by atoms with Crippen LogP contribution in [-0.2, 0) is 17.8 Å². The first-order chi connectivity index (χ1) is 12.2. The molecule has 3 aliphatic rings. The number of rotatable bonds is 2. The normalized spacial score (nSPS) is 25.4. The largest absolute Gasteiger partial charge is 0.375 e. The van der Waals surface area contributed by atoms with Crippen molar-refractivity contribution in [3.05, 3.63) is 28.2 Å². The van der Waals surface area contributed by atoms with Crippen LogP contribution in [0.1, 0.15) is 21.8 Å². The van der Waals surface area contributed by atoms with E-state index in [1.807, 2.05) is 11.3 Å². The number of anilines is 2. The molecule has 0 N–H and O–H groups in total. The van der Waals surface area contributed by atoms with Crippen LogP contribution >= 0.6 is 11.3 Å². The Morgan fingerprint density at radius 2 is 1.84 bits per heavy atom. The van der Waals surface area contributed by atoms with Crippen molar-refractivity contribution in [3.63, 3.8) is 0 Å². The van der Waals surface area contributed by atoms with Gasteiger partial charge in [-0.05, 0) is 13.8 Å². The van der Waals surface area contributed by atoms with Crippen LogP contribution in [0.2, 0.25) is 0 Å². The minimum atomic E-state index is 0.701. The van der Waals surface area contributed by atoms with Crippen molar-refractivity contribution in [3.8, 4) is 0 Å². The topological polar surface area (TPSA) is 54.4 Å². The third kappa shape index (κ3) is 2.60. The smallest absolute Gasteiger partial charge is 0.185 e. The number of hydrogen-bond acceptors (Lipinski definition) is 7. The molecule has 5 heterocycles. The van der Waals surface area contributed by atoms with E-state index >= 15 is 0 Å². The summed E-state index contributed by atoms with van der Waals surface area (Å²) in [6.45, 7) is 10.1. The molecule has 0 aromatic carbocycles. The Labute approximate surface area is 151 Å². The van der Waals surface area contributed by atoms with E-state index in [4.69, 9.17) is 9.72 Å². The molecule has 2 aromatic heterocycles. The van der Waals surface area contributed by atoms with Gasteiger partial charge in [0.2, 0.25) is 0 Å². The van der Waals surface area contributed by atoms with Crippen molar-refractivity contribution in [2.75, 3.05) is 42.6 Å². The number of nitrogens with zero attached hydrogens (tertiary/aromatic N) is 5. The fourth-order valence-corrected chi connectivity index (χ4v) is 5.38. The third-order valence-electron chi connectivity index (χ3n) is 5.85. The Hall–Kier alpha value is -1.73. The Kier molecular flexibility index (Phi) is 3.67. The number of aromatic nitrogens is 3. The van der Waals surface area contributed by atoms with E-state index in [0.717, 1.165) is 57.3 Å². The minimum Gasteiger partial charge on any atom is -0.375 e. The van der Waals surface area contributed by atoms with Crippen molar-refractivity contribution >= 4 is 22.3 Å². The molecule has 132 valence electrons. The summed E-state index contributed by atoms with van der Waals surface area (Å²) >= 11 is 1.83. The van der Waals surface area contributed by atoms with Gasteiger partial charge in [-0.1, -0.05) is 11.3 Å². The lowest BCUT2D eigenvalue weighted by Crippen LogP contribution is -2.29. The molecule has 0 amide bonds. The summed E-state index contributed by atoms with van der Waals surface area (Å²) in [5.41, 5.74) is 3.56. The first kappa shape index (κ1) is 15.5. The maximum atomic E-state index is 5.56. The van der Waals surface area contributed by atoms with Gasteiger partial charge in [0.25, 0.3) is 0 Å². The SMILES string of the molecule is Cc1ncnc(N2CC3CN(c4nc5c(s4)COCC5)CC3C2)c1C. The zero-order chi connectivity index (χ0) is 17.0. The molecule has 2 saturated heterocycles. The van der Waals surface area contributed by atoms with Crippen LogP contribution in [0.3, 0.4) is 0 Å². The Balaban J connectivity index is 1.30.